The van der Waals surface area contributed by atoms with Gasteiger partial charge in [0.05, 0.1) is 5.69 Å². The SMILES string of the molecule is O.O=C(O)c1c(Cl)c(=O)[nH]c(=O)n1-c1ccccc1. The van der Waals surface area contributed by atoms with Gasteiger partial charge in [0.2, 0.25) is 0 Å². The summed E-state index contributed by atoms with van der Waals surface area (Å²) in [6.45, 7) is 0. The summed E-state index contributed by atoms with van der Waals surface area (Å²) in [7, 11) is 0. The number of halogens is 1. The van der Waals surface area contributed by atoms with Gasteiger partial charge in [-0.05, 0) is 12.1 Å². The number of para-hydroxylation sites is 1. The average molecular weight is 285 g/mol. The Morgan fingerprint density at radius 2 is 1.79 bits per heavy atom. The lowest BCUT2D eigenvalue weighted by Gasteiger charge is -2.09. The van der Waals surface area contributed by atoms with E-state index in [1.807, 2.05) is 4.98 Å². The molecule has 19 heavy (non-hydrogen) atoms. The highest BCUT2D eigenvalue weighted by molar-refractivity contribution is 6.33. The Morgan fingerprint density at radius 3 is 2.32 bits per heavy atom. The predicted molar refractivity (Wildman–Crippen MR) is 68.2 cm³/mol. The van der Waals surface area contributed by atoms with Crippen molar-refractivity contribution in [3.63, 3.8) is 0 Å². The van der Waals surface area contributed by atoms with Gasteiger partial charge < -0.3 is 10.6 Å². The minimum absolute atomic E-state index is 0. The van der Waals surface area contributed by atoms with Crippen molar-refractivity contribution >= 4 is 17.6 Å². The van der Waals surface area contributed by atoms with Gasteiger partial charge >= 0.3 is 11.7 Å². The fourth-order valence-electron chi connectivity index (χ4n) is 1.53. The van der Waals surface area contributed by atoms with E-state index in [0.717, 1.165) is 4.57 Å². The molecule has 0 aliphatic heterocycles. The molecule has 0 saturated carbocycles. The maximum absolute atomic E-state index is 11.7. The molecule has 4 N–H and O–H groups in total. The molecule has 1 heterocycles. The molecule has 8 heteroatoms. The second-order valence-electron chi connectivity index (χ2n) is 3.40. The number of rotatable bonds is 2. The number of carboxylic acid groups (broad SMARTS) is 1. The van der Waals surface area contributed by atoms with Crippen LogP contribution in [0.25, 0.3) is 5.69 Å². The first-order valence-corrected chi connectivity index (χ1v) is 5.23. The number of carbonyl (C=O) groups is 1. The molecule has 2 rings (SSSR count). The van der Waals surface area contributed by atoms with Crippen LogP contribution >= 0.6 is 11.6 Å². The maximum Gasteiger partial charge on any atom is 0.354 e. The van der Waals surface area contributed by atoms with Gasteiger partial charge in [0.15, 0.2) is 5.69 Å². The minimum Gasteiger partial charge on any atom is -0.477 e. The van der Waals surface area contributed by atoms with Crippen LogP contribution in [0.3, 0.4) is 0 Å². The number of H-pyrrole nitrogens is 1. The molecule has 0 aliphatic rings. The van der Waals surface area contributed by atoms with E-state index in [2.05, 4.69) is 0 Å². The van der Waals surface area contributed by atoms with Crippen LogP contribution < -0.4 is 11.2 Å². The summed E-state index contributed by atoms with van der Waals surface area (Å²) in [5.41, 5.74) is -2.03. The molecular weight excluding hydrogens is 276 g/mol. The number of carboxylic acids is 1. The molecule has 0 amide bonds. The van der Waals surface area contributed by atoms with Gasteiger partial charge in [0.25, 0.3) is 5.56 Å². The molecule has 0 radical (unpaired) electrons. The smallest absolute Gasteiger partial charge is 0.354 e. The first kappa shape index (κ1) is 14.7. The molecule has 2 aromatic rings. The van der Waals surface area contributed by atoms with Crippen LogP contribution in [0.15, 0.2) is 39.9 Å². The van der Waals surface area contributed by atoms with E-state index in [4.69, 9.17) is 16.7 Å². The molecule has 0 saturated heterocycles. The zero-order valence-electron chi connectivity index (χ0n) is 9.38. The van der Waals surface area contributed by atoms with Crippen LogP contribution in [0.5, 0.6) is 0 Å². The van der Waals surface area contributed by atoms with Gasteiger partial charge in [0, 0.05) is 0 Å². The van der Waals surface area contributed by atoms with Crippen LogP contribution in [0, 0.1) is 0 Å². The van der Waals surface area contributed by atoms with E-state index < -0.39 is 27.9 Å². The largest absolute Gasteiger partial charge is 0.477 e. The number of aromatic amines is 1. The van der Waals surface area contributed by atoms with Gasteiger partial charge in [-0.1, -0.05) is 29.8 Å². The summed E-state index contributed by atoms with van der Waals surface area (Å²) in [5, 5.41) is 8.52. The third-order valence-electron chi connectivity index (χ3n) is 2.27. The summed E-state index contributed by atoms with van der Waals surface area (Å²) in [6.07, 6.45) is 0. The highest BCUT2D eigenvalue weighted by Crippen LogP contribution is 2.13. The lowest BCUT2D eigenvalue weighted by Crippen LogP contribution is -2.34. The third kappa shape index (κ3) is 2.56. The van der Waals surface area contributed by atoms with E-state index in [9.17, 15) is 14.4 Å². The second kappa shape index (κ2) is 5.51. The standard InChI is InChI=1S/C11H7ClN2O4.H2O/c12-7-8(10(16)17)14(11(18)13-9(7)15)6-4-2-1-3-5-6;/h1-5H,(H,16,17)(H,13,15,18);1H2. The Labute approximate surface area is 111 Å². The number of nitrogens with zero attached hydrogens (tertiary/aromatic N) is 1. The highest BCUT2D eigenvalue weighted by atomic mass is 35.5. The monoisotopic (exact) mass is 284 g/mol. The lowest BCUT2D eigenvalue weighted by molar-refractivity contribution is 0.0686. The Bertz CT molecular complexity index is 720. The molecule has 0 aliphatic carbocycles. The summed E-state index contributed by atoms with van der Waals surface area (Å²) in [4.78, 5) is 36.1. The summed E-state index contributed by atoms with van der Waals surface area (Å²) in [6, 6.07) is 8.03. The quantitative estimate of drug-likeness (QED) is 0.808. The summed E-state index contributed by atoms with van der Waals surface area (Å²) in [5.74, 6) is -1.45. The van der Waals surface area contributed by atoms with Gasteiger partial charge in [-0.25, -0.2) is 9.59 Å². The van der Waals surface area contributed by atoms with E-state index in [1.54, 1.807) is 18.2 Å². The van der Waals surface area contributed by atoms with Crippen molar-refractivity contribution < 1.29 is 15.4 Å². The molecule has 0 fully saturated rings. The molecule has 0 unspecified atom stereocenters. The van der Waals surface area contributed by atoms with Crippen molar-refractivity contribution in [2.24, 2.45) is 0 Å². The fourth-order valence-corrected chi connectivity index (χ4v) is 1.74. The first-order valence-electron chi connectivity index (χ1n) is 4.86. The lowest BCUT2D eigenvalue weighted by atomic mass is 10.3. The molecule has 1 aromatic carbocycles. The van der Waals surface area contributed by atoms with Crippen molar-refractivity contribution in [3.05, 3.63) is 61.9 Å². The van der Waals surface area contributed by atoms with Gasteiger partial charge in [-0.15, -0.1) is 0 Å². The van der Waals surface area contributed by atoms with Crippen molar-refractivity contribution in [1.82, 2.24) is 9.55 Å². The zero-order valence-corrected chi connectivity index (χ0v) is 10.1. The third-order valence-corrected chi connectivity index (χ3v) is 2.62. The molecule has 0 spiro atoms. The van der Waals surface area contributed by atoms with E-state index in [0.29, 0.717) is 5.69 Å². The molecule has 7 nitrogen and oxygen atoms in total. The van der Waals surface area contributed by atoms with Crippen LogP contribution in [-0.4, -0.2) is 26.1 Å². The number of hydrogen-bond acceptors (Lipinski definition) is 3. The topological polar surface area (TPSA) is 124 Å². The second-order valence-corrected chi connectivity index (χ2v) is 3.78. The summed E-state index contributed by atoms with van der Waals surface area (Å²) >= 11 is 5.63. The molecule has 0 bridgehead atoms. The average Bonchev–Trinajstić information content (AvgIpc) is 2.34. The van der Waals surface area contributed by atoms with E-state index in [-0.39, 0.29) is 5.48 Å². The molecule has 0 atom stereocenters. The minimum atomic E-state index is -1.45. The Balaban J connectivity index is 0.00000180. The number of aromatic carboxylic acids is 1. The van der Waals surface area contributed by atoms with Crippen molar-refractivity contribution in [2.75, 3.05) is 0 Å². The van der Waals surface area contributed by atoms with Gasteiger partial charge in [0.1, 0.15) is 5.02 Å². The Morgan fingerprint density at radius 1 is 1.21 bits per heavy atom. The van der Waals surface area contributed by atoms with E-state index in [1.165, 1.54) is 12.1 Å². The molecular formula is C11H9ClN2O5. The van der Waals surface area contributed by atoms with Gasteiger partial charge in [-0.2, -0.15) is 0 Å². The highest BCUT2D eigenvalue weighted by Gasteiger charge is 2.20. The van der Waals surface area contributed by atoms with Crippen molar-refractivity contribution in [2.45, 2.75) is 0 Å². The maximum atomic E-state index is 11.7. The number of hydrogen-bond donors (Lipinski definition) is 2. The normalized spacial score (nSPS) is 9.74. The fraction of sp³-hybridized carbons (Fsp3) is 0. The predicted octanol–water partition coefficient (Wildman–Crippen LogP) is 0.0527. The van der Waals surface area contributed by atoms with E-state index >= 15 is 0 Å². The Kier molecular flexibility index (Phi) is 4.26. The number of benzene rings is 1. The van der Waals surface area contributed by atoms with Gasteiger partial charge in [-0.3, -0.25) is 14.3 Å². The number of nitrogens with one attached hydrogen (secondary N) is 1. The van der Waals surface area contributed by atoms with Crippen LogP contribution in [-0.2, 0) is 0 Å². The molecule has 100 valence electrons. The van der Waals surface area contributed by atoms with Crippen LogP contribution in [0.4, 0.5) is 0 Å². The Hall–Kier alpha value is -2.38. The molecule has 1 aromatic heterocycles. The number of aromatic nitrogens is 2. The summed E-state index contributed by atoms with van der Waals surface area (Å²) < 4.78 is 0.839. The zero-order chi connectivity index (χ0) is 13.3. The van der Waals surface area contributed by atoms with Crippen molar-refractivity contribution in [3.8, 4) is 5.69 Å². The van der Waals surface area contributed by atoms with Crippen LogP contribution in [0.2, 0.25) is 5.02 Å². The first-order chi connectivity index (χ1) is 8.52. The van der Waals surface area contributed by atoms with Crippen LogP contribution in [0.1, 0.15) is 10.5 Å². The van der Waals surface area contributed by atoms with Crippen molar-refractivity contribution in [1.29, 1.82) is 0 Å².